The van der Waals surface area contributed by atoms with Gasteiger partial charge in [-0.25, -0.2) is 0 Å². The Labute approximate surface area is 119 Å². The Hall–Kier alpha value is -3.05. The minimum atomic E-state index is -0.781. The van der Waals surface area contributed by atoms with Crippen LogP contribution < -0.4 is 16.8 Å². The van der Waals surface area contributed by atoms with E-state index < -0.39 is 17.9 Å². The van der Waals surface area contributed by atoms with Gasteiger partial charge in [-0.05, 0) is 25.2 Å². The van der Waals surface area contributed by atoms with Crippen LogP contribution in [-0.2, 0) is 14.4 Å². The number of hydrogen-bond acceptors (Lipinski definition) is 4. The SMILES string of the molecule is C=C(N)CCCC(=O)O.CC(C)CC(N[C-]=O)C(N)=O.[Fm]. The summed E-state index contributed by atoms with van der Waals surface area (Å²) in [6.45, 7) is 7.33. The van der Waals surface area contributed by atoms with Crippen LogP contribution in [0.25, 0.3) is 0 Å². The van der Waals surface area contributed by atoms with Crippen LogP contribution in [0.5, 0.6) is 0 Å². The van der Waals surface area contributed by atoms with Crippen molar-refractivity contribution in [2.24, 2.45) is 17.4 Å². The second-order valence-corrected chi connectivity index (χ2v) is 4.74. The van der Waals surface area contributed by atoms with E-state index in [0.717, 1.165) is 0 Å². The standard InChI is InChI=1S/C7H13N2O2.C6H11NO2.Fm/c1-5(2)3-6(7(8)11)9-4-10;1-5(7)3-2-4-6(8)9;/h5-6H,3H2,1-2H3,(H2,8,11)(H,9,10);1-4,7H2,(H,8,9);/q-1;;. The molecule has 0 aromatic carbocycles. The molecule has 0 bridgehead atoms. The van der Waals surface area contributed by atoms with Crippen molar-refractivity contribution in [1.29, 1.82) is 0 Å². The van der Waals surface area contributed by atoms with Crippen molar-refractivity contribution in [3.63, 3.8) is 0 Å². The average molecular weight is 543 g/mol. The van der Waals surface area contributed by atoms with Gasteiger partial charge < -0.3 is 26.7 Å². The molecule has 1 unspecified atom stereocenters. The average Bonchev–Trinajstić information content (AvgIpc) is 2.27. The summed E-state index contributed by atoms with van der Waals surface area (Å²) < 4.78 is 0. The third-order valence-electron chi connectivity index (χ3n) is 2.17. The van der Waals surface area contributed by atoms with Gasteiger partial charge in [-0.2, -0.15) is 6.41 Å². The van der Waals surface area contributed by atoms with Crippen LogP contribution in [-0.4, -0.2) is 29.4 Å². The van der Waals surface area contributed by atoms with E-state index in [9.17, 15) is 14.4 Å². The number of amides is 2. The van der Waals surface area contributed by atoms with Gasteiger partial charge in [0.1, 0.15) is 0 Å². The normalized spacial score (nSPS) is 10.4. The molecule has 2 amide bonds. The van der Waals surface area contributed by atoms with Crippen molar-refractivity contribution >= 4 is 18.3 Å². The molecule has 8 heteroatoms. The molecule has 6 N–H and O–H groups in total. The molecule has 0 rings (SSSR count). The summed E-state index contributed by atoms with van der Waals surface area (Å²) in [7, 11) is 0. The van der Waals surface area contributed by atoms with Gasteiger partial charge >= 0.3 is 5.97 Å². The van der Waals surface area contributed by atoms with Gasteiger partial charge in [0.05, 0.1) is 6.04 Å². The predicted molar refractivity (Wildman–Crippen MR) is 76.1 cm³/mol. The molecule has 0 radical (unpaired) electrons. The summed E-state index contributed by atoms with van der Waals surface area (Å²) >= 11 is 0. The molecule has 0 aromatic heterocycles. The molecule has 7 nitrogen and oxygen atoms in total. The number of primary amides is 1. The van der Waals surface area contributed by atoms with E-state index >= 15 is 0 Å². The minimum absolute atomic E-state index is 0. The Morgan fingerprint density at radius 2 is 1.81 bits per heavy atom. The van der Waals surface area contributed by atoms with Crippen LogP contribution >= 0.6 is 0 Å². The van der Waals surface area contributed by atoms with Gasteiger partial charge in [0.2, 0.25) is 5.91 Å². The first-order valence-electron chi connectivity index (χ1n) is 6.27. The van der Waals surface area contributed by atoms with Crippen molar-refractivity contribution < 1.29 is 19.5 Å². The van der Waals surface area contributed by atoms with E-state index in [4.69, 9.17) is 16.6 Å². The largest absolute Gasteiger partial charge is 0.520 e. The Bertz CT molecular complexity index is 321. The first kappa shape index (κ1) is 23.1. The van der Waals surface area contributed by atoms with Crippen LogP contribution in [0.2, 0.25) is 0 Å². The van der Waals surface area contributed by atoms with E-state index in [2.05, 4.69) is 11.9 Å². The van der Waals surface area contributed by atoms with Crippen molar-refractivity contribution in [3.8, 4) is 0 Å². The van der Waals surface area contributed by atoms with Crippen molar-refractivity contribution in [3.05, 3.63) is 12.3 Å². The zero-order valence-corrected chi connectivity index (χ0v) is 14.7. The van der Waals surface area contributed by atoms with Crippen LogP contribution in [0.3, 0.4) is 0 Å². The third kappa shape index (κ3) is 19.5. The Morgan fingerprint density at radius 3 is 2.10 bits per heavy atom. The Morgan fingerprint density at radius 1 is 1.29 bits per heavy atom. The van der Waals surface area contributed by atoms with Crippen molar-refractivity contribution in [2.75, 3.05) is 0 Å². The summed E-state index contributed by atoms with van der Waals surface area (Å²) in [6.07, 6.45) is 3.38. The van der Waals surface area contributed by atoms with E-state index in [1.54, 1.807) is 0 Å². The van der Waals surface area contributed by atoms with E-state index in [1.165, 1.54) is 6.41 Å². The van der Waals surface area contributed by atoms with Crippen molar-refractivity contribution in [2.45, 2.75) is 45.6 Å². The third-order valence-corrected chi connectivity index (χ3v) is 2.17. The van der Waals surface area contributed by atoms with Crippen molar-refractivity contribution in [1.82, 2.24) is 5.32 Å². The van der Waals surface area contributed by atoms with E-state index in [0.29, 0.717) is 30.9 Å². The molecular weight excluding hydrogens is 519 g/mol. The van der Waals surface area contributed by atoms with Gasteiger partial charge in [-0.15, -0.1) is 0 Å². The molecule has 1 atom stereocenters. The molecule has 21 heavy (non-hydrogen) atoms. The number of carboxylic acid groups (broad SMARTS) is 1. The number of aliphatic carboxylic acids is 1. The van der Waals surface area contributed by atoms with Gasteiger partial charge in [-0.1, -0.05) is 20.4 Å². The molecule has 128 valence electrons. The van der Waals surface area contributed by atoms with E-state index in [1.807, 2.05) is 13.8 Å². The van der Waals surface area contributed by atoms with Gasteiger partial charge in [-0.3, -0.25) is 9.59 Å². The first-order chi connectivity index (χ1) is 9.20. The molecule has 0 aromatic rings. The number of rotatable bonds is 9. The number of carbonyl (C=O) groups excluding carboxylic acids is 2. The van der Waals surface area contributed by atoms with Gasteiger partial charge in [0, 0.05) is 12.1 Å². The maximum atomic E-state index is 10.6. The first-order valence-corrected chi connectivity index (χ1v) is 6.27. The van der Waals surface area contributed by atoms with E-state index in [-0.39, 0.29) is 6.42 Å². The quantitative estimate of drug-likeness (QED) is 0.245. The number of allylic oxidation sites excluding steroid dienone is 1. The van der Waals surface area contributed by atoms with Gasteiger partial charge in [0.25, 0.3) is 0 Å². The fourth-order valence-electron chi connectivity index (χ4n) is 1.26. The molecule has 0 aliphatic carbocycles. The number of carboxylic acids is 1. The smallest absolute Gasteiger partial charge is 0.303 e. The molecule has 0 aliphatic rings. The fraction of sp³-hybridized carbons (Fsp3) is 0.615. The molecule has 0 heterocycles. The molecule has 0 saturated carbocycles. The molecule has 0 saturated heterocycles. The Kier molecular flexibility index (Phi) is 14.7. The zero-order valence-electron chi connectivity index (χ0n) is 12.3. The maximum absolute atomic E-state index is 10.6. The second kappa shape index (κ2) is 13.4. The minimum Gasteiger partial charge on any atom is -0.520 e. The zero-order chi connectivity index (χ0) is 16.1. The number of carbonyl (C=O) groups is 2. The Balaban J connectivity index is -0.000000300. The number of nitrogens with two attached hydrogens (primary N) is 2. The van der Waals surface area contributed by atoms with Crippen LogP contribution in [0.15, 0.2) is 12.3 Å². The van der Waals surface area contributed by atoms with Gasteiger partial charge in [0.15, 0.2) is 0 Å². The molecule has 0 fully saturated rings. The van der Waals surface area contributed by atoms with Crippen LogP contribution in [0.1, 0.15) is 39.5 Å². The number of nitrogens with one attached hydrogen (secondary N) is 1. The topological polar surface area (TPSA) is 136 Å². The van der Waals surface area contributed by atoms with Crippen LogP contribution in [0.4, 0.5) is 0 Å². The second-order valence-electron chi connectivity index (χ2n) is 4.74. The predicted octanol–water partition coefficient (Wildman–Crippen LogP) is 0.257. The molecular formula is C13H24FmN3O4-. The summed E-state index contributed by atoms with van der Waals surface area (Å²) in [4.78, 5) is 30.4. The maximum Gasteiger partial charge on any atom is 0.303 e. The molecule has 0 aliphatic heterocycles. The summed E-state index contributed by atoms with van der Waals surface area (Å²) in [5, 5.41) is 10.4. The van der Waals surface area contributed by atoms with Crippen LogP contribution in [0, 0.1) is 5.92 Å². The monoisotopic (exact) mass is 543 g/mol. The summed E-state index contributed by atoms with van der Waals surface area (Å²) in [5.41, 5.74) is 10.7. The summed E-state index contributed by atoms with van der Waals surface area (Å²) in [5.74, 6) is -0.966. The number of hydrogen-bond donors (Lipinski definition) is 4. The fourth-order valence-corrected chi connectivity index (χ4v) is 1.26. The summed E-state index contributed by atoms with van der Waals surface area (Å²) in [6, 6.07) is -0.576. The molecule has 0 spiro atoms.